The molecule has 1 aromatic carbocycles. The normalized spacial score (nSPS) is 11.0. The predicted octanol–water partition coefficient (Wildman–Crippen LogP) is 3.43. The van der Waals surface area contributed by atoms with Crippen LogP contribution in [0.5, 0.6) is 5.75 Å². The molecule has 2 heterocycles. The standard InChI is InChI=1S/C14H15N3OS/c1-2-7-18-11-5-3-10(4-6-11)12-9-19-14-16-8-13(15)17(12)14/h3-6,8-9H,2,7,15H2,1H3. The molecular weight excluding hydrogens is 258 g/mol. The first-order valence-electron chi connectivity index (χ1n) is 6.23. The van der Waals surface area contributed by atoms with E-state index in [0.717, 1.165) is 35.0 Å². The quantitative estimate of drug-likeness (QED) is 0.792. The lowest BCUT2D eigenvalue weighted by atomic mass is 10.1. The van der Waals surface area contributed by atoms with Gasteiger partial charge >= 0.3 is 0 Å². The number of hydrogen-bond donors (Lipinski definition) is 1. The fourth-order valence-electron chi connectivity index (χ4n) is 1.97. The molecule has 3 aromatic rings. The summed E-state index contributed by atoms with van der Waals surface area (Å²) in [6.45, 7) is 2.84. The number of benzene rings is 1. The van der Waals surface area contributed by atoms with Crippen molar-refractivity contribution in [2.45, 2.75) is 13.3 Å². The molecule has 0 aliphatic carbocycles. The van der Waals surface area contributed by atoms with Crippen molar-refractivity contribution in [3.05, 3.63) is 35.8 Å². The molecule has 3 rings (SSSR count). The smallest absolute Gasteiger partial charge is 0.195 e. The number of nitrogens with two attached hydrogens (primary N) is 1. The summed E-state index contributed by atoms with van der Waals surface area (Å²) in [6.07, 6.45) is 2.70. The van der Waals surface area contributed by atoms with Crippen molar-refractivity contribution in [1.82, 2.24) is 9.38 Å². The summed E-state index contributed by atoms with van der Waals surface area (Å²) in [7, 11) is 0. The minimum atomic E-state index is 0.664. The number of hydrogen-bond acceptors (Lipinski definition) is 4. The molecular formula is C14H15N3OS. The zero-order chi connectivity index (χ0) is 13.2. The highest BCUT2D eigenvalue weighted by atomic mass is 32.1. The van der Waals surface area contributed by atoms with E-state index < -0.39 is 0 Å². The van der Waals surface area contributed by atoms with Gasteiger partial charge in [0.2, 0.25) is 0 Å². The van der Waals surface area contributed by atoms with Crippen LogP contribution in [0.3, 0.4) is 0 Å². The maximum Gasteiger partial charge on any atom is 0.195 e. The Morgan fingerprint density at radius 2 is 2.11 bits per heavy atom. The Bertz CT molecular complexity index is 684. The minimum Gasteiger partial charge on any atom is -0.494 e. The van der Waals surface area contributed by atoms with Crippen molar-refractivity contribution in [3.63, 3.8) is 0 Å². The highest BCUT2D eigenvalue weighted by molar-refractivity contribution is 7.15. The Morgan fingerprint density at radius 3 is 2.84 bits per heavy atom. The first-order valence-corrected chi connectivity index (χ1v) is 7.11. The van der Waals surface area contributed by atoms with Crippen LogP contribution in [0.15, 0.2) is 35.8 Å². The van der Waals surface area contributed by atoms with E-state index in [2.05, 4.69) is 17.3 Å². The number of aromatic nitrogens is 2. The number of imidazole rings is 1. The average molecular weight is 273 g/mol. The van der Waals surface area contributed by atoms with E-state index in [0.29, 0.717) is 5.82 Å². The van der Waals surface area contributed by atoms with E-state index in [-0.39, 0.29) is 0 Å². The number of nitrogens with zero attached hydrogens (tertiary/aromatic N) is 2. The number of fused-ring (bicyclic) bond motifs is 1. The molecule has 2 aromatic heterocycles. The highest BCUT2D eigenvalue weighted by Gasteiger charge is 2.09. The van der Waals surface area contributed by atoms with Gasteiger partial charge in [-0.25, -0.2) is 4.98 Å². The van der Waals surface area contributed by atoms with E-state index in [4.69, 9.17) is 10.5 Å². The fourth-order valence-corrected chi connectivity index (χ4v) is 2.85. The van der Waals surface area contributed by atoms with Crippen LogP contribution in [0.4, 0.5) is 5.82 Å². The van der Waals surface area contributed by atoms with Crippen molar-refractivity contribution < 1.29 is 4.74 Å². The van der Waals surface area contributed by atoms with Gasteiger partial charge in [-0.1, -0.05) is 6.92 Å². The van der Waals surface area contributed by atoms with Crippen LogP contribution in [0, 0.1) is 0 Å². The molecule has 0 radical (unpaired) electrons. The zero-order valence-electron chi connectivity index (χ0n) is 10.7. The Morgan fingerprint density at radius 1 is 1.32 bits per heavy atom. The molecule has 2 N–H and O–H groups in total. The summed E-state index contributed by atoms with van der Waals surface area (Å²) in [4.78, 5) is 5.17. The lowest BCUT2D eigenvalue weighted by molar-refractivity contribution is 0.317. The molecule has 0 atom stereocenters. The largest absolute Gasteiger partial charge is 0.494 e. The van der Waals surface area contributed by atoms with Gasteiger partial charge in [-0.3, -0.25) is 4.40 Å². The maximum atomic E-state index is 5.94. The molecule has 19 heavy (non-hydrogen) atoms. The number of ether oxygens (including phenoxy) is 1. The van der Waals surface area contributed by atoms with Crippen LogP contribution in [-0.2, 0) is 0 Å². The molecule has 5 heteroatoms. The van der Waals surface area contributed by atoms with Crippen LogP contribution in [0.1, 0.15) is 13.3 Å². The molecule has 0 unspecified atom stereocenters. The third-order valence-electron chi connectivity index (χ3n) is 2.90. The van der Waals surface area contributed by atoms with Gasteiger partial charge in [0.15, 0.2) is 4.96 Å². The van der Waals surface area contributed by atoms with Crippen LogP contribution in [0.2, 0.25) is 0 Å². The van der Waals surface area contributed by atoms with Gasteiger partial charge < -0.3 is 10.5 Å². The monoisotopic (exact) mass is 273 g/mol. The first-order chi connectivity index (χ1) is 9.29. The molecule has 0 bridgehead atoms. The van der Waals surface area contributed by atoms with E-state index in [9.17, 15) is 0 Å². The van der Waals surface area contributed by atoms with Gasteiger partial charge in [0, 0.05) is 5.38 Å². The van der Waals surface area contributed by atoms with Crippen molar-refractivity contribution in [2.75, 3.05) is 12.3 Å². The number of rotatable bonds is 4. The second kappa shape index (κ2) is 4.93. The van der Waals surface area contributed by atoms with E-state index in [1.807, 2.05) is 28.7 Å². The van der Waals surface area contributed by atoms with Crippen LogP contribution in [-0.4, -0.2) is 16.0 Å². The lowest BCUT2D eigenvalue weighted by Crippen LogP contribution is -1.95. The molecule has 0 fully saturated rings. The third-order valence-corrected chi connectivity index (χ3v) is 3.74. The van der Waals surface area contributed by atoms with Gasteiger partial charge in [-0.2, -0.15) is 0 Å². The maximum absolute atomic E-state index is 5.94. The Kier molecular flexibility index (Phi) is 3.13. The summed E-state index contributed by atoms with van der Waals surface area (Å²) in [5.41, 5.74) is 8.11. The lowest BCUT2D eigenvalue weighted by Gasteiger charge is -2.06. The number of thiazole rings is 1. The van der Waals surface area contributed by atoms with E-state index in [1.54, 1.807) is 17.5 Å². The fraction of sp³-hybridized carbons (Fsp3) is 0.214. The molecule has 0 aliphatic heterocycles. The Balaban J connectivity index is 1.95. The van der Waals surface area contributed by atoms with Crippen LogP contribution < -0.4 is 10.5 Å². The molecule has 0 aliphatic rings. The summed E-state index contributed by atoms with van der Waals surface area (Å²) >= 11 is 1.59. The molecule has 4 nitrogen and oxygen atoms in total. The highest BCUT2D eigenvalue weighted by Crippen LogP contribution is 2.29. The number of anilines is 1. The van der Waals surface area contributed by atoms with E-state index in [1.165, 1.54) is 0 Å². The molecule has 0 saturated carbocycles. The topological polar surface area (TPSA) is 52.5 Å². The van der Waals surface area contributed by atoms with Gasteiger partial charge in [0.25, 0.3) is 0 Å². The van der Waals surface area contributed by atoms with Gasteiger partial charge in [-0.15, -0.1) is 11.3 Å². The van der Waals surface area contributed by atoms with Crippen molar-refractivity contribution in [1.29, 1.82) is 0 Å². The van der Waals surface area contributed by atoms with Crippen molar-refractivity contribution >= 4 is 22.1 Å². The average Bonchev–Trinajstić information content (AvgIpc) is 3.01. The summed E-state index contributed by atoms with van der Waals surface area (Å²) in [5.74, 6) is 1.56. The summed E-state index contributed by atoms with van der Waals surface area (Å²) in [5, 5.41) is 2.07. The molecule has 0 amide bonds. The molecule has 0 spiro atoms. The second-order valence-corrected chi connectivity index (χ2v) is 5.13. The Hall–Kier alpha value is -2.01. The van der Waals surface area contributed by atoms with Crippen LogP contribution >= 0.6 is 11.3 Å². The summed E-state index contributed by atoms with van der Waals surface area (Å²) < 4.78 is 7.55. The third kappa shape index (κ3) is 2.17. The van der Waals surface area contributed by atoms with Crippen LogP contribution in [0.25, 0.3) is 16.2 Å². The van der Waals surface area contributed by atoms with Crippen molar-refractivity contribution in [2.24, 2.45) is 0 Å². The SMILES string of the molecule is CCCOc1ccc(-c2csc3ncc(N)n23)cc1. The van der Waals surface area contributed by atoms with Gasteiger partial charge in [0.05, 0.1) is 18.5 Å². The van der Waals surface area contributed by atoms with Gasteiger partial charge in [0.1, 0.15) is 11.6 Å². The summed E-state index contributed by atoms with van der Waals surface area (Å²) in [6, 6.07) is 8.07. The molecule has 98 valence electrons. The molecule has 0 saturated heterocycles. The predicted molar refractivity (Wildman–Crippen MR) is 78.7 cm³/mol. The van der Waals surface area contributed by atoms with E-state index >= 15 is 0 Å². The number of nitrogen functional groups attached to an aromatic ring is 1. The van der Waals surface area contributed by atoms with Gasteiger partial charge in [-0.05, 0) is 36.2 Å². The first kappa shape index (κ1) is 12.0. The Labute approximate surface area is 115 Å². The van der Waals surface area contributed by atoms with Crippen molar-refractivity contribution in [3.8, 4) is 17.0 Å². The minimum absolute atomic E-state index is 0.664. The second-order valence-electron chi connectivity index (χ2n) is 4.29. The zero-order valence-corrected chi connectivity index (χ0v) is 11.5.